The van der Waals surface area contributed by atoms with Crippen LogP contribution in [0.4, 0.5) is 4.79 Å². The third kappa shape index (κ3) is 8.23. The number of hydrogen-bond acceptors (Lipinski definition) is 6. The van der Waals surface area contributed by atoms with E-state index in [-0.39, 0.29) is 24.5 Å². The van der Waals surface area contributed by atoms with E-state index >= 15 is 0 Å². The summed E-state index contributed by atoms with van der Waals surface area (Å²) in [6, 6.07) is 21.7. The maximum absolute atomic E-state index is 14.8. The average molecular weight is 714 g/mol. The Morgan fingerprint density at radius 1 is 1.07 bits per heavy atom. The molecule has 1 fully saturated rings. The fraction of sp³-hybridized carbons (Fsp3) is 0.444. The number of para-hydroxylation sites is 1. The summed E-state index contributed by atoms with van der Waals surface area (Å²) in [5, 5.41) is 15.3. The summed E-state index contributed by atoms with van der Waals surface area (Å²) in [6.45, 7) is 9.46. The molecule has 3 aromatic rings. The van der Waals surface area contributed by atoms with Crippen LogP contribution in [0.15, 0.2) is 77.3 Å². The van der Waals surface area contributed by atoms with E-state index in [1.165, 1.54) is 0 Å². The van der Waals surface area contributed by atoms with Crippen LogP contribution in [-0.2, 0) is 27.1 Å². The van der Waals surface area contributed by atoms with Crippen LogP contribution >= 0.6 is 27.5 Å². The van der Waals surface area contributed by atoms with Crippen molar-refractivity contribution in [2.75, 3.05) is 6.61 Å². The lowest BCUT2D eigenvalue weighted by atomic mass is 9.87. The first-order valence-electron chi connectivity index (χ1n) is 15.6. The molecule has 2 N–H and O–H groups in total. The zero-order valence-corrected chi connectivity index (χ0v) is 29.2. The van der Waals surface area contributed by atoms with Gasteiger partial charge < -0.3 is 29.5 Å². The zero-order chi connectivity index (χ0) is 33.2. The van der Waals surface area contributed by atoms with Crippen LogP contribution in [0.5, 0.6) is 5.75 Å². The minimum Gasteiger partial charge on any atom is -0.490 e. The number of carbonyl (C=O) groups excluding carboxylic acids is 2. The third-order valence-corrected chi connectivity index (χ3v) is 9.07. The molecule has 2 aliphatic rings. The van der Waals surface area contributed by atoms with Crippen molar-refractivity contribution in [3.63, 3.8) is 0 Å². The number of aliphatic hydroxyl groups excluding tert-OH is 1. The molecular formula is C36H42BrClN2O6. The molecule has 0 radical (unpaired) electrons. The van der Waals surface area contributed by atoms with Crippen LogP contribution in [0.3, 0.4) is 0 Å². The number of amides is 2. The first-order chi connectivity index (χ1) is 21.7. The maximum atomic E-state index is 14.8. The molecule has 10 heteroatoms. The van der Waals surface area contributed by atoms with Gasteiger partial charge in [-0.1, -0.05) is 70.0 Å². The monoisotopic (exact) mass is 712 g/mol. The van der Waals surface area contributed by atoms with Crippen molar-refractivity contribution in [1.29, 1.82) is 0 Å². The van der Waals surface area contributed by atoms with Crippen molar-refractivity contribution >= 4 is 39.5 Å². The van der Waals surface area contributed by atoms with Gasteiger partial charge >= 0.3 is 6.09 Å². The van der Waals surface area contributed by atoms with Crippen molar-refractivity contribution in [3.8, 4) is 5.75 Å². The van der Waals surface area contributed by atoms with Crippen molar-refractivity contribution in [2.24, 2.45) is 5.92 Å². The molecule has 8 nitrogen and oxygen atoms in total. The number of nitrogens with one attached hydrogen (secondary N) is 1. The van der Waals surface area contributed by atoms with E-state index in [2.05, 4.69) is 21.2 Å². The van der Waals surface area contributed by atoms with E-state index < -0.39 is 35.5 Å². The van der Waals surface area contributed by atoms with Gasteiger partial charge in [0, 0.05) is 21.0 Å². The molecule has 5 rings (SSSR count). The molecule has 0 spiro atoms. The lowest BCUT2D eigenvalue weighted by Gasteiger charge is -2.38. The van der Waals surface area contributed by atoms with Gasteiger partial charge in [0.2, 0.25) is 5.91 Å². The van der Waals surface area contributed by atoms with Gasteiger partial charge in [-0.2, -0.15) is 0 Å². The molecule has 0 bridgehead atoms. The Hall–Kier alpha value is -3.11. The highest BCUT2D eigenvalue weighted by atomic mass is 79.9. The van der Waals surface area contributed by atoms with E-state index in [4.69, 9.17) is 25.8 Å². The Labute approximate surface area is 284 Å². The van der Waals surface area contributed by atoms with Crippen molar-refractivity contribution in [2.45, 2.75) is 89.5 Å². The number of carbonyl (C=O) groups is 2. The summed E-state index contributed by atoms with van der Waals surface area (Å²) < 4.78 is 18.9. The number of halogens is 2. The smallest absolute Gasteiger partial charge is 0.407 e. The fourth-order valence-corrected chi connectivity index (χ4v) is 6.85. The van der Waals surface area contributed by atoms with Gasteiger partial charge in [0.15, 0.2) is 0 Å². The Morgan fingerprint density at radius 2 is 1.78 bits per heavy atom. The van der Waals surface area contributed by atoms with E-state index in [0.29, 0.717) is 24.5 Å². The largest absolute Gasteiger partial charge is 0.490 e. The highest BCUT2D eigenvalue weighted by Crippen LogP contribution is 2.48. The summed E-state index contributed by atoms with van der Waals surface area (Å²) in [5.74, 6) is -0.101. The van der Waals surface area contributed by atoms with Crippen LogP contribution in [0.2, 0.25) is 5.02 Å². The van der Waals surface area contributed by atoms with Crippen molar-refractivity contribution < 1.29 is 28.9 Å². The normalized spacial score (nSPS) is 20.5. The number of alkyl carbamates (subject to hydrolysis) is 1. The number of fused-ring (bicyclic) bond motifs is 3. The second-order valence-corrected chi connectivity index (χ2v) is 14.9. The molecule has 3 aromatic carbocycles. The van der Waals surface area contributed by atoms with Crippen LogP contribution in [-0.4, -0.2) is 58.2 Å². The van der Waals surface area contributed by atoms with Gasteiger partial charge in [-0.05, 0) is 95.3 Å². The van der Waals surface area contributed by atoms with Crippen LogP contribution < -0.4 is 10.1 Å². The average Bonchev–Trinajstić information content (AvgIpc) is 3.26. The number of nitrogens with zero attached hydrogens (tertiary/aromatic N) is 1. The minimum atomic E-state index is -1.09. The van der Waals surface area contributed by atoms with E-state index in [0.717, 1.165) is 26.9 Å². The number of ether oxygens (including phenoxy) is 3. The summed E-state index contributed by atoms with van der Waals surface area (Å²) >= 11 is 9.82. The van der Waals surface area contributed by atoms with E-state index in [1.54, 1.807) is 26.8 Å². The lowest BCUT2D eigenvalue weighted by molar-refractivity contribution is -0.153. The Bertz CT molecular complexity index is 1540. The summed E-state index contributed by atoms with van der Waals surface area (Å²) in [5.41, 5.74) is 1.01. The first-order valence-corrected chi connectivity index (χ1v) is 16.8. The Kier molecular flexibility index (Phi) is 10.4. The van der Waals surface area contributed by atoms with Gasteiger partial charge in [-0.25, -0.2) is 4.79 Å². The molecule has 5 atom stereocenters. The van der Waals surface area contributed by atoms with E-state index in [9.17, 15) is 14.7 Å². The topological polar surface area (TPSA) is 97.3 Å². The number of rotatable bonds is 9. The lowest BCUT2D eigenvalue weighted by Crippen LogP contribution is -2.51. The standard InChI is InChI=1S/C36H42BrClN2O6/c1-35(2,3)46-34(43)39-28(19-22-13-15-25(37)16-14-22)29(41)20-24(17-23-9-8-10-26(38)18-23)33(42)40-32-27-11-6-7-12-30(27)44-21-31(32)45-36(40,4)5/h6-16,18,24,28-29,31-32,41H,17,19-21H2,1-5H3,(H,39,43)/t24-,28+,29+,31-,32+/m1/s1. The third-order valence-electron chi connectivity index (χ3n) is 8.31. The molecule has 2 amide bonds. The second-order valence-electron chi connectivity index (χ2n) is 13.5. The van der Waals surface area contributed by atoms with Crippen LogP contribution in [0, 0.1) is 5.92 Å². The highest BCUT2D eigenvalue weighted by Gasteiger charge is 2.54. The Balaban J connectivity index is 1.47. The van der Waals surface area contributed by atoms with Crippen LogP contribution in [0.1, 0.15) is 63.8 Å². The molecule has 0 aromatic heterocycles. The fourth-order valence-electron chi connectivity index (χ4n) is 6.38. The van der Waals surface area contributed by atoms with Gasteiger partial charge in [0.05, 0.1) is 18.2 Å². The molecule has 2 aliphatic heterocycles. The molecule has 2 heterocycles. The van der Waals surface area contributed by atoms with Crippen molar-refractivity contribution in [3.05, 3.63) is 99.0 Å². The van der Waals surface area contributed by atoms with Gasteiger partial charge in [0.25, 0.3) is 0 Å². The second kappa shape index (κ2) is 13.9. The molecule has 0 aliphatic carbocycles. The van der Waals surface area contributed by atoms with Crippen LogP contribution in [0.25, 0.3) is 0 Å². The number of hydrogen-bond donors (Lipinski definition) is 2. The quantitative estimate of drug-likeness (QED) is 0.243. The molecule has 0 saturated carbocycles. The van der Waals surface area contributed by atoms with Gasteiger partial charge in [-0.3, -0.25) is 4.79 Å². The molecule has 1 saturated heterocycles. The highest BCUT2D eigenvalue weighted by molar-refractivity contribution is 9.10. The Morgan fingerprint density at radius 3 is 2.48 bits per heavy atom. The molecular weight excluding hydrogens is 672 g/mol. The summed E-state index contributed by atoms with van der Waals surface area (Å²) in [7, 11) is 0. The summed E-state index contributed by atoms with van der Waals surface area (Å²) in [4.78, 5) is 29.6. The zero-order valence-electron chi connectivity index (χ0n) is 26.8. The predicted molar refractivity (Wildman–Crippen MR) is 181 cm³/mol. The minimum absolute atomic E-state index is 0.0739. The molecule has 0 unspecified atom stereocenters. The van der Waals surface area contributed by atoms with E-state index in [1.807, 2.05) is 85.5 Å². The first kappa shape index (κ1) is 34.2. The molecule has 46 heavy (non-hydrogen) atoms. The summed E-state index contributed by atoms with van der Waals surface area (Å²) in [6.07, 6.45) is -1.33. The number of benzene rings is 3. The molecule has 246 valence electrons. The van der Waals surface area contributed by atoms with Gasteiger partial charge in [-0.15, -0.1) is 0 Å². The maximum Gasteiger partial charge on any atom is 0.407 e. The SMILES string of the molecule is CC(C)(C)OC(=O)N[C@@H](Cc1ccc(Br)cc1)[C@@H](O)C[C@@H](Cc1cccc(Cl)c1)C(=O)N1[C@H]2c3ccccc3OC[C@H]2OC1(C)C. The predicted octanol–water partition coefficient (Wildman–Crippen LogP) is 7.25. The van der Waals surface area contributed by atoms with Gasteiger partial charge in [0.1, 0.15) is 29.8 Å². The van der Waals surface area contributed by atoms with Crippen molar-refractivity contribution in [1.82, 2.24) is 10.2 Å². The number of aliphatic hydroxyl groups is 1.